The lowest BCUT2D eigenvalue weighted by Gasteiger charge is -2.47. The van der Waals surface area contributed by atoms with Crippen molar-refractivity contribution >= 4 is 35.2 Å². The normalized spacial score (nSPS) is 35.8. The number of likely N-dealkylation sites (N-methyl/N-ethyl adjacent to an activating group) is 1. The number of cyclic esters (lactones) is 1. The number of methoxy groups -OCH3 is 1. The SMILES string of the molecule is C=C[C@]12OC(=O)N(CCCCn3cnc(-c4ccc(Cl)nc4)c3)[C@H]1[C@H](C)C(=O)[C@H](C)C[C@](C)(OC)[C@H](OC1O[C@H](C)C[C@H](N(C)C)[C@H]1O)[C@@H](C)C(=O)[C@@H](C)C(=O)O[C@H]2CC. The summed E-state index contributed by atoms with van der Waals surface area (Å²) in [5, 5.41) is 11.9. The molecule has 0 spiro atoms. The maximum absolute atomic E-state index is 14.8. The van der Waals surface area contributed by atoms with E-state index in [4.69, 9.17) is 35.3 Å². The minimum absolute atomic E-state index is 0.0993. The molecule has 5 heterocycles. The standard InChI is InChI=1S/C44H64ClN5O10/c1-12-33-44(13-2)38(50(42(55)60-44)19-15-14-18-49-23-31(47-24-49)30-16-17-34(45)46-22-30)27(5)35(51)25(3)21-43(8,56-11)39(28(6)36(52)29(7)40(54)58-33)59-41-37(53)32(48(9)10)20-26(4)57-41/h13,16-17,22-29,32-33,37-39,41,53H,2,12,14-15,18-21H2,1,3-11H3/t25-,26-,27-,28+,29-,32+,33+,37-,38+,39-,41?,43+,44-/m1/s1. The number of halogens is 1. The van der Waals surface area contributed by atoms with Crippen molar-refractivity contribution in [2.45, 2.75) is 141 Å². The molecule has 332 valence electrons. The molecule has 3 aliphatic rings. The summed E-state index contributed by atoms with van der Waals surface area (Å²) in [5.74, 6) is -5.25. The average molecular weight is 858 g/mol. The topological polar surface area (TPSA) is 172 Å². The van der Waals surface area contributed by atoms with Crippen molar-refractivity contribution in [3.8, 4) is 11.3 Å². The molecule has 1 N–H and O–H groups in total. The Kier molecular flexibility index (Phi) is 15.4. The van der Waals surface area contributed by atoms with E-state index in [0.717, 1.165) is 11.3 Å². The van der Waals surface area contributed by atoms with Crippen molar-refractivity contribution < 1.29 is 48.0 Å². The molecule has 0 aliphatic carbocycles. The lowest BCUT2D eigenvalue weighted by atomic mass is 9.72. The number of carbonyl (C=O) groups excluding carboxylic acids is 4. The van der Waals surface area contributed by atoms with Gasteiger partial charge in [0.05, 0.1) is 35.9 Å². The number of esters is 1. The largest absolute Gasteiger partial charge is 0.457 e. The Morgan fingerprint density at radius 1 is 1.05 bits per heavy atom. The van der Waals surface area contributed by atoms with Crippen LogP contribution in [0.15, 0.2) is 43.5 Å². The number of aromatic nitrogens is 3. The van der Waals surface area contributed by atoms with Crippen molar-refractivity contribution in [3.05, 3.63) is 48.7 Å². The number of nitrogens with zero attached hydrogens (tertiary/aromatic N) is 5. The first-order chi connectivity index (χ1) is 28.3. The van der Waals surface area contributed by atoms with E-state index in [2.05, 4.69) is 16.5 Å². The van der Waals surface area contributed by atoms with Gasteiger partial charge in [-0.05, 0) is 85.2 Å². The summed E-state index contributed by atoms with van der Waals surface area (Å²) in [4.78, 5) is 69.3. The van der Waals surface area contributed by atoms with Gasteiger partial charge in [-0.1, -0.05) is 45.9 Å². The third kappa shape index (κ3) is 9.66. The minimum Gasteiger partial charge on any atom is -0.457 e. The molecule has 3 aliphatic heterocycles. The van der Waals surface area contributed by atoms with Crippen molar-refractivity contribution in [1.82, 2.24) is 24.3 Å². The van der Waals surface area contributed by atoms with E-state index in [1.54, 1.807) is 58.1 Å². The van der Waals surface area contributed by atoms with Gasteiger partial charge in [-0.15, -0.1) is 0 Å². The number of aliphatic hydroxyl groups is 1. The molecule has 13 atom stereocenters. The van der Waals surface area contributed by atoms with Crippen molar-refractivity contribution in [2.75, 3.05) is 27.7 Å². The molecule has 0 aromatic carbocycles. The van der Waals surface area contributed by atoms with Gasteiger partial charge in [-0.2, -0.15) is 0 Å². The van der Waals surface area contributed by atoms with Crippen LogP contribution in [0.25, 0.3) is 11.3 Å². The number of hydrogen-bond donors (Lipinski definition) is 1. The molecule has 2 aromatic rings. The summed E-state index contributed by atoms with van der Waals surface area (Å²) in [5.41, 5.74) is -1.32. The van der Waals surface area contributed by atoms with E-state index >= 15 is 0 Å². The van der Waals surface area contributed by atoms with E-state index in [0.29, 0.717) is 31.0 Å². The van der Waals surface area contributed by atoms with Gasteiger partial charge < -0.3 is 38.3 Å². The smallest absolute Gasteiger partial charge is 0.411 e. The van der Waals surface area contributed by atoms with Crippen LogP contribution in [0.3, 0.4) is 0 Å². The molecule has 1 amide bonds. The zero-order valence-corrected chi connectivity index (χ0v) is 37.5. The minimum atomic E-state index is -1.61. The monoisotopic (exact) mass is 857 g/mol. The number of amides is 1. The molecule has 1 unspecified atom stereocenters. The third-order valence-corrected chi connectivity index (χ3v) is 13.1. The quantitative estimate of drug-likeness (QED) is 0.0901. The average Bonchev–Trinajstić information content (AvgIpc) is 3.81. The second-order valence-electron chi connectivity index (χ2n) is 17.3. The molecule has 3 saturated heterocycles. The van der Waals surface area contributed by atoms with Crippen LogP contribution in [0.2, 0.25) is 5.15 Å². The summed E-state index contributed by atoms with van der Waals surface area (Å²) in [7, 11) is 5.22. The lowest BCUT2D eigenvalue weighted by molar-refractivity contribution is -0.295. The first-order valence-electron chi connectivity index (χ1n) is 21.1. The maximum atomic E-state index is 14.8. The Morgan fingerprint density at radius 3 is 2.37 bits per heavy atom. The van der Waals surface area contributed by atoms with Gasteiger partial charge in [0, 0.05) is 62.0 Å². The van der Waals surface area contributed by atoms with Crippen LogP contribution in [0.4, 0.5) is 4.79 Å². The Balaban J connectivity index is 1.45. The van der Waals surface area contributed by atoms with E-state index < -0.39 is 83.4 Å². The van der Waals surface area contributed by atoms with Crippen LogP contribution in [-0.4, -0.2) is 135 Å². The summed E-state index contributed by atoms with van der Waals surface area (Å²) in [6.45, 7) is 17.0. The Hall–Kier alpha value is -3.73. The third-order valence-electron chi connectivity index (χ3n) is 12.9. The van der Waals surface area contributed by atoms with Crippen molar-refractivity contribution in [3.63, 3.8) is 0 Å². The highest BCUT2D eigenvalue weighted by molar-refractivity contribution is 6.29. The fourth-order valence-corrected chi connectivity index (χ4v) is 9.53. The predicted molar refractivity (Wildman–Crippen MR) is 224 cm³/mol. The lowest BCUT2D eigenvalue weighted by Crippen LogP contribution is -2.60. The fourth-order valence-electron chi connectivity index (χ4n) is 9.42. The molecule has 60 heavy (non-hydrogen) atoms. The number of aryl methyl sites for hydroxylation is 1. The highest BCUT2D eigenvalue weighted by atomic mass is 35.5. The van der Waals surface area contributed by atoms with E-state index in [1.807, 2.05) is 42.7 Å². The summed E-state index contributed by atoms with van der Waals surface area (Å²) in [6.07, 6.45) is 3.58. The van der Waals surface area contributed by atoms with Crippen LogP contribution in [0.1, 0.15) is 80.6 Å². The van der Waals surface area contributed by atoms with Crippen molar-refractivity contribution in [2.24, 2.45) is 23.7 Å². The number of unbranched alkanes of at least 4 members (excludes halogenated alkanes) is 1. The number of pyridine rings is 1. The Morgan fingerprint density at radius 2 is 1.75 bits per heavy atom. The number of ketones is 2. The van der Waals surface area contributed by atoms with Gasteiger partial charge in [0.15, 0.2) is 17.7 Å². The number of imidazole rings is 1. The number of aliphatic hydroxyl groups excluding tert-OH is 1. The molecule has 2 aromatic heterocycles. The highest BCUT2D eigenvalue weighted by Gasteiger charge is 2.61. The maximum Gasteiger partial charge on any atom is 0.411 e. The van der Waals surface area contributed by atoms with Gasteiger partial charge >= 0.3 is 12.1 Å². The van der Waals surface area contributed by atoms with Crippen LogP contribution in [0.5, 0.6) is 0 Å². The second-order valence-corrected chi connectivity index (χ2v) is 17.7. The Labute approximate surface area is 359 Å². The second kappa shape index (κ2) is 19.5. The highest BCUT2D eigenvalue weighted by Crippen LogP contribution is 2.44. The van der Waals surface area contributed by atoms with Gasteiger partial charge in [-0.25, -0.2) is 14.8 Å². The van der Waals surface area contributed by atoms with Crippen LogP contribution >= 0.6 is 11.6 Å². The van der Waals surface area contributed by atoms with Gasteiger partial charge in [-0.3, -0.25) is 19.3 Å². The fraction of sp³-hybridized carbons (Fsp3) is 0.682. The molecule has 3 fully saturated rings. The Bertz CT molecular complexity index is 1840. The molecule has 16 heteroatoms. The summed E-state index contributed by atoms with van der Waals surface area (Å²) >= 11 is 5.95. The van der Waals surface area contributed by atoms with Gasteiger partial charge in [0.1, 0.15) is 29.1 Å². The molecule has 5 rings (SSSR count). The number of carbonyl (C=O) groups is 4. The molecule has 0 bridgehead atoms. The molecular weight excluding hydrogens is 794 g/mol. The zero-order chi connectivity index (χ0) is 44.3. The van der Waals surface area contributed by atoms with Gasteiger partial charge in [0.2, 0.25) is 0 Å². The molecule has 0 saturated carbocycles. The number of fused-ring (bicyclic) bond motifs is 1. The first kappa shape index (κ1) is 47.3. The summed E-state index contributed by atoms with van der Waals surface area (Å²) in [6, 6.07) is 2.36. The number of hydrogen-bond acceptors (Lipinski definition) is 13. The molecule has 15 nitrogen and oxygen atoms in total. The van der Waals surface area contributed by atoms with E-state index in [-0.39, 0.29) is 37.3 Å². The predicted octanol–water partition coefficient (Wildman–Crippen LogP) is 5.75. The number of ether oxygens (including phenoxy) is 5. The van der Waals surface area contributed by atoms with E-state index in [9.17, 15) is 24.3 Å². The first-order valence-corrected chi connectivity index (χ1v) is 21.4. The zero-order valence-electron chi connectivity index (χ0n) is 36.7. The van der Waals surface area contributed by atoms with Crippen LogP contribution < -0.4 is 0 Å². The molecular formula is C44H64ClN5O10. The van der Waals surface area contributed by atoms with E-state index in [1.165, 1.54) is 20.1 Å². The molecule has 0 radical (unpaired) electrons. The summed E-state index contributed by atoms with van der Waals surface area (Å²) < 4.78 is 33.2. The number of Topliss-reactive ketones (excluding diaryl/α,β-unsaturated/α-hetero) is 2. The van der Waals surface area contributed by atoms with Crippen molar-refractivity contribution in [1.29, 1.82) is 0 Å². The van der Waals surface area contributed by atoms with Gasteiger partial charge in [0.25, 0.3) is 0 Å². The van der Waals surface area contributed by atoms with Crippen LogP contribution in [-0.2, 0) is 44.6 Å². The number of rotatable bonds is 12. The van der Waals surface area contributed by atoms with Crippen LogP contribution in [0, 0.1) is 23.7 Å².